The number of aryl methyl sites for hydroxylation is 2. The summed E-state index contributed by atoms with van der Waals surface area (Å²) >= 11 is 6.32. The summed E-state index contributed by atoms with van der Waals surface area (Å²) in [6.45, 7) is 7.02. The molecular weight excluding hydrogens is 362 g/mol. The highest BCUT2D eigenvalue weighted by molar-refractivity contribution is 6.30. The van der Waals surface area contributed by atoms with E-state index >= 15 is 0 Å². The monoisotopic (exact) mass is 381 g/mol. The number of ether oxygens (including phenoxy) is 2. The van der Waals surface area contributed by atoms with Crippen LogP contribution in [0.15, 0.2) is 41.2 Å². The van der Waals surface area contributed by atoms with Crippen LogP contribution in [0.3, 0.4) is 0 Å². The maximum absolute atomic E-state index is 13.1. The van der Waals surface area contributed by atoms with Crippen LogP contribution in [0.25, 0.3) is 10.9 Å². The quantitative estimate of drug-likeness (QED) is 0.609. The van der Waals surface area contributed by atoms with Crippen LogP contribution in [0.1, 0.15) is 36.5 Å². The first-order valence-electron chi connectivity index (χ1n) is 9.23. The lowest BCUT2D eigenvalue weighted by Gasteiger charge is -2.37. The first-order valence-corrected chi connectivity index (χ1v) is 9.61. The molecule has 2 aromatic carbocycles. The molecule has 2 atom stereocenters. The van der Waals surface area contributed by atoms with Crippen molar-refractivity contribution >= 4 is 22.5 Å². The fourth-order valence-corrected chi connectivity index (χ4v) is 4.98. The van der Waals surface area contributed by atoms with E-state index in [0.29, 0.717) is 23.9 Å². The summed E-state index contributed by atoms with van der Waals surface area (Å²) in [6, 6.07) is 11.8. The average molecular weight is 382 g/mol. The lowest BCUT2D eigenvalue weighted by molar-refractivity contribution is 0.0436. The molecule has 5 rings (SSSR count). The van der Waals surface area contributed by atoms with Crippen LogP contribution in [0, 0.1) is 6.92 Å². The zero-order valence-corrected chi connectivity index (χ0v) is 16.3. The molecule has 138 valence electrons. The van der Waals surface area contributed by atoms with Gasteiger partial charge < -0.3 is 14.0 Å². The maximum Gasteiger partial charge on any atom is 0.293 e. The molecule has 0 spiro atoms. The minimum Gasteiger partial charge on any atom is -0.487 e. The van der Waals surface area contributed by atoms with E-state index in [-0.39, 0.29) is 11.5 Å². The highest BCUT2D eigenvalue weighted by atomic mass is 35.5. The minimum atomic E-state index is -0.670. The smallest absolute Gasteiger partial charge is 0.293 e. The van der Waals surface area contributed by atoms with Gasteiger partial charge in [-0.2, -0.15) is 0 Å². The Hall–Kier alpha value is -2.46. The lowest BCUT2D eigenvalue weighted by atomic mass is 9.77. The molecule has 27 heavy (non-hydrogen) atoms. The van der Waals surface area contributed by atoms with E-state index in [1.54, 1.807) is 4.57 Å². The fourth-order valence-electron chi connectivity index (χ4n) is 4.70. The molecule has 0 amide bonds. The highest BCUT2D eigenvalue weighted by Crippen LogP contribution is 2.56. The molecule has 0 N–H and O–H groups in total. The van der Waals surface area contributed by atoms with Gasteiger partial charge in [0.1, 0.15) is 11.4 Å². The summed E-state index contributed by atoms with van der Waals surface area (Å²) in [5.74, 6) is 1.25. The van der Waals surface area contributed by atoms with Gasteiger partial charge in [-0.1, -0.05) is 29.8 Å². The predicted octanol–water partition coefficient (Wildman–Crippen LogP) is 4.77. The summed E-state index contributed by atoms with van der Waals surface area (Å²) in [5.41, 5.74) is 3.04. The van der Waals surface area contributed by atoms with Crippen molar-refractivity contribution in [1.82, 2.24) is 4.57 Å². The molecule has 0 bridgehead atoms. The topological polar surface area (TPSA) is 40.5 Å². The van der Waals surface area contributed by atoms with E-state index in [2.05, 4.69) is 6.92 Å². The zero-order chi connectivity index (χ0) is 18.9. The highest BCUT2D eigenvalue weighted by Gasteiger charge is 2.53. The van der Waals surface area contributed by atoms with Crippen LogP contribution in [0.5, 0.6) is 11.5 Å². The van der Waals surface area contributed by atoms with Crippen LogP contribution in [-0.4, -0.2) is 11.2 Å². The van der Waals surface area contributed by atoms with Crippen LogP contribution in [0.2, 0.25) is 5.02 Å². The van der Waals surface area contributed by atoms with Gasteiger partial charge in [-0.05, 0) is 44.5 Å². The first kappa shape index (κ1) is 16.7. The Morgan fingerprint density at radius 2 is 2.04 bits per heavy atom. The van der Waals surface area contributed by atoms with Gasteiger partial charge in [0.05, 0.1) is 23.6 Å². The van der Waals surface area contributed by atoms with Crippen LogP contribution in [0.4, 0.5) is 0 Å². The van der Waals surface area contributed by atoms with E-state index in [1.165, 1.54) is 0 Å². The molecule has 1 aromatic heterocycles. The van der Waals surface area contributed by atoms with Crippen molar-refractivity contribution in [2.75, 3.05) is 6.61 Å². The summed E-state index contributed by atoms with van der Waals surface area (Å²) in [5, 5.41) is 1.69. The Bertz CT molecular complexity index is 1170. The molecule has 0 saturated carbocycles. The third-order valence-corrected chi connectivity index (χ3v) is 6.18. The second-order valence-electron chi connectivity index (χ2n) is 7.48. The van der Waals surface area contributed by atoms with E-state index in [1.807, 2.05) is 50.2 Å². The summed E-state index contributed by atoms with van der Waals surface area (Å²) in [4.78, 5) is 13.1. The van der Waals surface area contributed by atoms with Crippen molar-refractivity contribution in [3.05, 3.63) is 68.5 Å². The number of hydrogen-bond donors (Lipinski definition) is 0. The van der Waals surface area contributed by atoms with Crippen molar-refractivity contribution in [1.29, 1.82) is 0 Å². The summed E-state index contributed by atoms with van der Waals surface area (Å²) < 4.78 is 14.4. The largest absolute Gasteiger partial charge is 0.487 e. The van der Waals surface area contributed by atoms with Gasteiger partial charge in [-0.15, -0.1) is 0 Å². The van der Waals surface area contributed by atoms with E-state index < -0.39 is 5.60 Å². The molecule has 0 aliphatic carbocycles. The molecule has 0 saturated heterocycles. The van der Waals surface area contributed by atoms with Gasteiger partial charge in [0.2, 0.25) is 0 Å². The third kappa shape index (κ3) is 2.08. The maximum atomic E-state index is 13.1. The van der Waals surface area contributed by atoms with Crippen molar-refractivity contribution in [2.45, 2.75) is 38.8 Å². The molecule has 3 heterocycles. The van der Waals surface area contributed by atoms with E-state index in [0.717, 1.165) is 33.3 Å². The molecule has 2 aliphatic heterocycles. The average Bonchev–Trinajstić information content (AvgIpc) is 2.94. The summed E-state index contributed by atoms with van der Waals surface area (Å²) in [7, 11) is 0. The van der Waals surface area contributed by atoms with Gasteiger partial charge in [0.15, 0.2) is 5.75 Å². The second kappa shape index (κ2) is 5.52. The molecule has 2 aliphatic rings. The SMILES string of the molecule is CCn1c(=O)c2c(c3ccccc31)C1(C)Oc3c(C)cc(Cl)cc3C1CO2. The van der Waals surface area contributed by atoms with E-state index in [9.17, 15) is 4.79 Å². The van der Waals surface area contributed by atoms with Crippen molar-refractivity contribution < 1.29 is 9.47 Å². The summed E-state index contributed by atoms with van der Waals surface area (Å²) in [6.07, 6.45) is 0. The number of hydrogen-bond acceptors (Lipinski definition) is 3. The molecule has 2 unspecified atom stereocenters. The Kier molecular flexibility index (Phi) is 3.41. The van der Waals surface area contributed by atoms with Crippen LogP contribution < -0.4 is 15.0 Å². The third-order valence-electron chi connectivity index (χ3n) is 5.96. The Morgan fingerprint density at radius 1 is 1.26 bits per heavy atom. The number of nitrogens with zero attached hydrogens (tertiary/aromatic N) is 1. The number of para-hydroxylation sites is 1. The fraction of sp³-hybridized carbons (Fsp3) is 0.318. The first-order chi connectivity index (χ1) is 13.0. The molecule has 0 fully saturated rings. The molecular formula is C22H20ClNO3. The van der Waals surface area contributed by atoms with Gasteiger partial charge in [0.25, 0.3) is 5.56 Å². The second-order valence-corrected chi connectivity index (χ2v) is 7.92. The lowest BCUT2D eigenvalue weighted by Crippen LogP contribution is -2.42. The number of fused-ring (bicyclic) bond motifs is 7. The molecule has 5 heteroatoms. The van der Waals surface area contributed by atoms with Gasteiger partial charge in [-0.3, -0.25) is 4.79 Å². The van der Waals surface area contributed by atoms with Gasteiger partial charge >= 0.3 is 0 Å². The zero-order valence-electron chi connectivity index (χ0n) is 15.5. The standard InChI is InChI=1S/C22H20ClNO3/c1-4-24-17-8-6-5-7-14(17)18-20(21(24)25)26-11-16-15-10-13(23)9-12(2)19(15)27-22(16,18)3/h5-10,16H,4,11H2,1-3H3. The molecule has 4 nitrogen and oxygen atoms in total. The number of benzene rings is 2. The van der Waals surface area contributed by atoms with Crippen molar-refractivity contribution in [3.8, 4) is 11.5 Å². The number of rotatable bonds is 1. The number of pyridine rings is 1. The molecule has 3 aromatic rings. The normalized spacial score (nSPS) is 22.6. The number of halogens is 1. The van der Waals surface area contributed by atoms with Crippen LogP contribution in [-0.2, 0) is 12.1 Å². The van der Waals surface area contributed by atoms with Crippen molar-refractivity contribution in [2.24, 2.45) is 0 Å². The Morgan fingerprint density at radius 3 is 2.81 bits per heavy atom. The van der Waals surface area contributed by atoms with Gasteiger partial charge in [-0.25, -0.2) is 0 Å². The minimum absolute atomic E-state index is 0.0160. The Labute approximate surface area is 162 Å². The molecule has 0 radical (unpaired) electrons. The van der Waals surface area contributed by atoms with Crippen LogP contribution >= 0.6 is 11.6 Å². The Balaban J connectivity index is 1.86. The van der Waals surface area contributed by atoms with Gasteiger partial charge in [0, 0.05) is 22.5 Å². The predicted molar refractivity (Wildman–Crippen MR) is 106 cm³/mol. The van der Waals surface area contributed by atoms with E-state index in [4.69, 9.17) is 21.1 Å². The van der Waals surface area contributed by atoms with Crippen molar-refractivity contribution in [3.63, 3.8) is 0 Å². The number of aromatic nitrogens is 1.